The van der Waals surface area contributed by atoms with Crippen LogP contribution >= 0.6 is 0 Å². The van der Waals surface area contributed by atoms with Gasteiger partial charge in [-0.25, -0.2) is 4.98 Å². The lowest BCUT2D eigenvalue weighted by Crippen LogP contribution is -2.31. The van der Waals surface area contributed by atoms with E-state index < -0.39 is 0 Å². The Morgan fingerprint density at radius 3 is 2.94 bits per heavy atom. The van der Waals surface area contributed by atoms with Gasteiger partial charge in [0.05, 0.1) is 0 Å². The molecule has 0 aromatic carbocycles. The minimum absolute atomic E-state index is 0.00593. The highest BCUT2D eigenvalue weighted by molar-refractivity contribution is 5.76. The molecule has 16 heavy (non-hydrogen) atoms. The van der Waals surface area contributed by atoms with E-state index in [1.54, 1.807) is 12.3 Å². The van der Waals surface area contributed by atoms with Crippen LogP contribution < -0.4 is 16.4 Å². The number of hydrogen-bond donors (Lipinski definition) is 3. The summed E-state index contributed by atoms with van der Waals surface area (Å²) in [5.74, 6) is 0.855. The number of nitrogens with zero attached hydrogens (tertiary/aromatic N) is 2. The maximum atomic E-state index is 11.3. The number of aromatic nitrogens is 2. The van der Waals surface area contributed by atoms with Crippen LogP contribution in [0.2, 0.25) is 0 Å². The lowest BCUT2D eigenvalue weighted by Gasteiger charge is -2.08. The van der Waals surface area contributed by atoms with Gasteiger partial charge in [-0.2, -0.15) is 4.98 Å². The van der Waals surface area contributed by atoms with E-state index in [1.165, 1.54) is 0 Å². The van der Waals surface area contributed by atoms with Gasteiger partial charge in [-0.3, -0.25) is 4.79 Å². The van der Waals surface area contributed by atoms with Gasteiger partial charge >= 0.3 is 0 Å². The number of hydrogen-bond acceptors (Lipinski definition) is 5. The van der Waals surface area contributed by atoms with Gasteiger partial charge in [-0.15, -0.1) is 0 Å². The zero-order chi connectivity index (χ0) is 12.0. The lowest BCUT2D eigenvalue weighted by atomic mass is 10.3. The van der Waals surface area contributed by atoms with Gasteiger partial charge in [0, 0.05) is 25.2 Å². The maximum Gasteiger partial charge on any atom is 0.224 e. The summed E-state index contributed by atoms with van der Waals surface area (Å²) in [6, 6.07) is 1.77. The summed E-state index contributed by atoms with van der Waals surface area (Å²) in [4.78, 5) is 19.2. The van der Waals surface area contributed by atoms with E-state index in [2.05, 4.69) is 20.6 Å². The molecule has 1 aromatic heterocycles. The molecule has 0 saturated carbocycles. The van der Waals surface area contributed by atoms with Crippen LogP contribution in [-0.4, -0.2) is 28.5 Å². The van der Waals surface area contributed by atoms with Gasteiger partial charge < -0.3 is 16.4 Å². The van der Waals surface area contributed by atoms with Gasteiger partial charge in [-0.1, -0.05) is 0 Å². The first-order valence-electron chi connectivity index (χ1n) is 5.19. The predicted molar refractivity (Wildman–Crippen MR) is 62.8 cm³/mol. The summed E-state index contributed by atoms with van der Waals surface area (Å²) in [6.07, 6.45) is 1.95. The summed E-state index contributed by atoms with van der Waals surface area (Å²) in [5.41, 5.74) is 5.49. The van der Waals surface area contributed by atoms with E-state index in [1.807, 2.05) is 13.8 Å². The van der Waals surface area contributed by atoms with E-state index >= 15 is 0 Å². The number of carbonyl (C=O) groups excluding carboxylic acids is 1. The zero-order valence-electron chi connectivity index (χ0n) is 9.53. The average Bonchev–Trinajstić information content (AvgIpc) is 2.16. The van der Waals surface area contributed by atoms with Gasteiger partial charge in [0.25, 0.3) is 0 Å². The SMILES string of the molecule is CC(C)NC(=O)CCNc1nccc(N)n1. The summed E-state index contributed by atoms with van der Waals surface area (Å²) < 4.78 is 0. The van der Waals surface area contributed by atoms with Crippen LogP contribution in [0.5, 0.6) is 0 Å². The van der Waals surface area contributed by atoms with Crippen LogP contribution in [0.1, 0.15) is 20.3 Å². The lowest BCUT2D eigenvalue weighted by molar-refractivity contribution is -0.121. The van der Waals surface area contributed by atoms with Crippen molar-refractivity contribution < 1.29 is 4.79 Å². The Hall–Kier alpha value is -1.85. The second-order valence-corrected chi connectivity index (χ2v) is 3.70. The molecule has 0 bridgehead atoms. The first-order chi connectivity index (χ1) is 7.58. The number of rotatable bonds is 5. The Kier molecular flexibility index (Phi) is 4.50. The van der Waals surface area contributed by atoms with Gasteiger partial charge in [0.15, 0.2) is 0 Å². The molecule has 0 radical (unpaired) electrons. The van der Waals surface area contributed by atoms with E-state index in [9.17, 15) is 4.79 Å². The molecule has 0 unspecified atom stereocenters. The van der Waals surface area contributed by atoms with Crippen molar-refractivity contribution in [3.63, 3.8) is 0 Å². The number of amides is 1. The normalized spacial score (nSPS) is 10.2. The monoisotopic (exact) mass is 223 g/mol. The number of nitrogens with two attached hydrogens (primary N) is 1. The molecule has 0 atom stereocenters. The minimum atomic E-state index is 0.00593. The van der Waals surface area contributed by atoms with Crippen molar-refractivity contribution in [2.24, 2.45) is 0 Å². The van der Waals surface area contributed by atoms with Gasteiger partial charge in [0.1, 0.15) is 5.82 Å². The van der Waals surface area contributed by atoms with Crippen LogP contribution in [0.15, 0.2) is 12.3 Å². The average molecular weight is 223 g/mol. The van der Waals surface area contributed by atoms with Crippen molar-refractivity contribution in [2.45, 2.75) is 26.3 Å². The predicted octanol–water partition coefficient (Wildman–Crippen LogP) is 0.385. The summed E-state index contributed by atoms with van der Waals surface area (Å²) in [5, 5.41) is 5.72. The molecule has 0 aliphatic heterocycles. The molecular formula is C10H17N5O. The van der Waals surface area contributed by atoms with Crippen LogP contribution in [0, 0.1) is 0 Å². The van der Waals surface area contributed by atoms with Crippen LogP contribution in [0.3, 0.4) is 0 Å². The highest BCUT2D eigenvalue weighted by Gasteiger charge is 2.03. The van der Waals surface area contributed by atoms with Crippen molar-refractivity contribution in [2.75, 3.05) is 17.6 Å². The van der Waals surface area contributed by atoms with Crippen molar-refractivity contribution in [1.29, 1.82) is 0 Å². The second-order valence-electron chi connectivity index (χ2n) is 3.70. The second kappa shape index (κ2) is 5.89. The molecule has 1 rings (SSSR count). The molecule has 0 aliphatic rings. The first kappa shape index (κ1) is 12.2. The van der Waals surface area contributed by atoms with Crippen LogP contribution in [0.25, 0.3) is 0 Å². The Morgan fingerprint density at radius 1 is 1.56 bits per heavy atom. The Balaban J connectivity index is 2.28. The third-order valence-corrected chi connectivity index (χ3v) is 1.76. The van der Waals surface area contributed by atoms with E-state index in [4.69, 9.17) is 5.73 Å². The molecule has 1 aromatic rings. The smallest absolute Gasteiger partial charge is 0.224 e. The molecule has 0 fully saturated rings. The molecule has 4 N–H and O–H groups in total. The summed E-state index contributed by atoms with van der Waals surface area (Å²) in [6.45, 7) is 4.33. The molecule has 0 aliphatic carbocycles. The third-order valence-electron chi connectivity index (χ3n) is 1.76. The third kappa shape index (κ3) is 4.59. The largest absolute Gasteiger partial charge is 0.384 e. The fourth-order valence-electron chi connectivity index (χ4n) is 1.14. The van der Waals surface area contributed by atoms with Crippen LogP contribution in [0.4, 0.5) is 11.8 Å². The fraction of sp³-hybridized carbons (Fsp3) is 0.500. The van der Waals surface area contributed by atoms with Crippen molar-refractivity contribution in [3.05, 3.63) is 12.3 Å². The molecule has 88 valence electrons. The van der Waals surface area contributed by atoms with Gasteiger partial charge in [-0.05, 0) is 19.9 Å². The molecule has 6 nitrogen and oxygen atoms in total. The van der Waals surface area contributed by atoms with E-state index in [0.29, 0.717) is 24.7 Å². The summed E-state index contributed by atoms with van der Waals surface area (Å²) >= 11 is 0. The van der Waals surface area contributed by atoms with Gasteiger partial charge in [0.2, 0.25) is 11.9 Å². The molecule has 1 heterocycles. The van der Waals surface area contributed by atoms with E-state index in [0.717, 1.165) is 0 Å². The van der Waals surface area contributed by atoms with Crippen molar-refractivity contribution in [1.82, 2.24) is 15.3 Å². The molecular weight excluding hydrogens is 206 g/mol. The Morgan fingerprint density at radius 2 is 2.31 bits per heavy atom. The quantitative estimate of drug-likeness (QED) is 0.671. The standard InChI is InChI=1S/C10H17N5O/c1-7(2)14-9(16)4-6-13-10-12-5-3-8(11)15-10/h3,5,7H,4,6H2,1-2H3,(H,14,16)(H3,11,12,13,15). The number of nitrogens with one attached hydrogen (secondary N) is 2. The Bertz CT molecular complexity index is 353. The highest BCUT2D eigenvalue weighted by atomic mass is 16.1. The van der Waals surface area contributed by atoms with Crippen LogP contribution in [-0.2, 0) is 4.79 Å². The molecule has 1 amide bonds. The highest BCUT2D eigenvalue weighted by Crippen LogP contribution is 2.00. The van der Waals surface area contributed by atoms with Crippen molar-refractivity contribution >= 4 is 17.7 Å². The number of anilines is 2. The molecule has 0 saturated heterocycles. The molecule has 0 spiro atoms. The maximum absolute atomic E-state index is 11.3. The van der Waals surface area contributed by atoms with E-state index in [-0.39, 0.29) is 11.9 Å². The topological polar surface area (TPSA) is 92.9 Å². The molecule has 6 heteroatoms. The zero-order valence-corrected chi connectivity index (χ0v) is 9.53. The van der Waals surface area contributed by atoms with Crippen molar-refractivity contribution in [3.8, 4) is 0 Å². The Labute approximate surface area is 94.7 Å². The fourth-order valence-corrected chi connectivity index (χ4v) is 1.14. The number of carbonyl (C=O) groups is 1. The minimum Gasteiger partial charge on any atom is -0.384 e. The summed E-state index contributed by atoms with van der Waals surface area (Å²) in [7, 11) is 0. The first-order valence-corrected chi connectivity index (χ1v) is 5.19. The number of nitrogen functional groups attached to an aromatic ring is 1.